The summed E-state index contributed by atoms with van der Waals surface area (Å²) in [6.45, 7) is 2.12. The van der Waals surface area contributed by atoms with E-state index in [0.29, 0.717) is 23.7 Å². The number of H-pyrrole nitrogens is 1. The molecule has 154 valence electrons. The molecule has 0 unspecified atom stereocenters. The molecule has 0 saturated heterocycles. The Bertz CT molecular complexity index is 996. The van der Waals surface area contributed by atoms with Crippen molar-refractivity contribution in [3.63, 3.8) is 0 Å². The van der Waals surface area contributed by atoms with E-state index in [4.69, 9.17) is 0 Å². The highest BCUT2D eigenvalue weighted by molar-refractivity contribution is 5.64. The molecular formula is C25H28N4O. The van der Waals surface area contributed by atoms with Crippen molar-refractivity contribution >= 4 is 0 Å². The number of nitrogens with one attached hydrogen (secondary N) is 1. The lowest BCUT2D eigenvalue weighted by atomic mass is 9.42. The molecule has 3 aromatic rings. The molecule has 2 aromatic carbocycles. The highest BCUT2D eigenvalue weighted by atomic mass is 16.3. The Labute approximate surface area is 176 Å². The minimum Gasteiger partial charge on any atom is -0.393 e. The molecule has 5 nitrogen and oxygen atoms in total. The van der Waals surface area contributed by atoms with E-state index in [0.717, 1.165) is 37.9 Å². The molecule has 4 aliphatic rings. The predicted octanol–water partition coefficient (Wildman–Crippen LogP) is 4.08. The van der Waals surface area contributed by atoms with Crippen molar-refractivity contribution < 1.29 is 5.11 Å². The van der Waals surface area contributed by atoms with Crippen LogP contribution in [0.3, 0.4) is 0 Å². The molecule has 2 N–H and O–H groups in total. The van der Waals surface area contributed by atoms with Crippen molar-refractivity contribution in [3.05, 3.63) is 65.5 Å². The Morgan fingerprint density at radius 2 is 1.47 bits per heavy atom. The van der Waals surface area contributed by atoms with Crippen molar-refractivity contribution in [1.82, 2.24) is 20.6 Å². The molecule has 0 atom stereocenters. The van der Waals surface area contributed by atoms with Gasteiger partial charge in [0, 0.05) is 11.8 Å². The van der Waals surface area contributed by atoms with Crippen molar-refractivity contribution in [2.75, 3.05) is 0 Å². The van der Waals surface area contributed by atoms with Gasteiger partial charge in [-0.2, -0.15) is 5.21 Å². The van der Waals surface area contributed by atoms with Gasteiger partial charge in [-0.1, -0.05) is 59.3 Å². The lowest BCUT2D eigenvalue weighted by Crippen LogP contribution is -2.61. The van der Waals surface area contributed by atoms with Crippen LogP contribution in [0, 0.1) is 30.6 Å². The summed E-state index contributed by atoms with van der Waals surface area (Å²) in [7, 11) is 0. The Balaban J connectivity index is 1.40. The summed E-state index contributed by atoms with van der Waals surface area (Å²) < 4.78 is 0. The van der Waals surface area contributed by atoms with Crippen molar-refractivity contribution in [3.8, 4) is 11.1 Å². The Morgan fingerprint density at radius 1 is 0.900 bits per heavy atom. The van der Waals surface area contributed by atoms with E-state index < -0.39 is 0 Å². The highest BCUT2D eigenvalue weighted by Crippen LogP contribution is 2.63. The van der Waals surface area contributed by atoms with Crippen molar-refractivity contribution in [2.24, 2.45) is 23.7 Å². The number of aromatic nitrogens is 4. The number of benzene rings is 2. The first kappa shape index (κ1) is 18.3. The fourth-order valence-corrected chi connectivity index (χ4v) is 7.06. The molecule has 1 heterocycles. The molecule has 0 aliphatic heterocycles. The van der Waals surface area contributed by atoms with E-state index >= 15 is 0 Å². The lowest BCUT2D eigenvalue weighted by Gasteiger charge is -2.63. The van der Waals surface area contributed by atoms with Gasteiger partial charge in [0.25, 0.3) is 0 Å². The van der Waals surface area contributed by atoms with E-state index in [-0.39, 0.29) is 11.5 Å². The third-order valence-corrected chi connectivity index (χ3v) is 8.42. The van der Waals surface area contributed by atoms with Gasteiger partial charge in [0.1, 0.15) is 0 Å². The number of nitrogens with zero attached hydrogens (tertiary/aromatic N) is 3. The normalized spacial score (nSPS) is 34.4. The second-order valence-electron chi connectivity index (χ2n) is 9.84. The minimum atomic E-state index is -0.0930. The van der Waals surface area contributed by atoms with E-state index in [1.165, 1.54) is 22.3 Å². The Kier molecular flexibility index (Phi) is 4.10. The van der Waals surface area contributed by atoms with Crippen LogP contribution >= 0.6 is 0 Å². The smallest absolute Gasteiger partial charge is 0.175 e. The van der Waals surface area contributed by atoms with Crippen LogP contribution < -0.4 is 0 Å². The number of aromatic amines is 1. The third kappa shape index (κ3) is 2.68. The van der Waals surface area contributed by atoms with Gasteiger partial charge in [-0.15, -0.1) is 10.2 Å². The largest absolute Gasteiger partial charge is 0.393 e. The quantitative estimate of drug-likeness (QED) is 0.692. The average molecular weight is 401 g/mol. The molecule has 5 heteroatoms. The Hall–Kier alpha value is -2.53. The molecule has 4 fully saturated rings. The van der Waals surface area contributed by atoms with Crippen LogP contribution in [0.15, 0.2) is 48.5 Å². The molecule has 0 amide bonds. The zero-order chi connectivity index (χ0) is 20.3. The molecule has 30 heavy (non-hydrogen) atoms. The number of aliphatic hydroxyl groups excluding tert-OH is 1. The monoisotopic (exact) mass is 400 g/mol. The van der Waals surface area contributed by atoms with Gasteiger partial charge in [-0.05, 0) is 73.0 Å². The summed E-state index contributed by atoms with van der Waals surface area (Å²) in [5.74, 6) is 2.90. The maximum Gasteiger partial charge on any atom is 0.175 e. The van der Waals surface area contributed by atoms with Gasteiger partial charge in [-0.25, -0.2) is 0 Å². The van der Waals surface area contributed by atoms with Gasteiger partial charge < -0.3 is 5.11 Å². The number of hydrogen-bond donors (Lipinski definition) is 2. The van der Waals surface area contributed by atoms with Gasteiger partial charge in [0.05, 0.1) is 6.10 Å². The highest BCUT2D eigenvalue weighted by Gasteiger charge is 2.60. The standard InChI is InChI=1S/C25H28N4O/c1-15-2-4-16(5-3-15)17-6-8-20(9-7-17)25(14-23-26-28-29-27-23)21-10-18-11-22(25)13-19(12-21)24(18)30/h2-9,18-19,21-22,24,30H,10-14H2,1H3,(H,26,27,28,29). The van der Waals surface area contributed by atoms with Gasteiger partial charge >= 0.3 is 0 Å². The van der Waals surface area contributed by atoms with Crippen LogP contribution in [0.25, 0.3) is 11.1 Å². The molecule has 0 radical (unpaired) electrons. The first-order valence-electron chi connectivity index (χ1n) is 11.2. The SMILES string of the molecule is Cc1ccc(-c2ccc(C3(Cc4nn[nH]n4)C4CC5CC3CC(C4)C5O)cc2)cc1. The Morgan fingerprint density at radius 3 is 2.00 bits per heavy atom. The van der Waals surface area contributed by atoms with Gasteiger partial charge in [0.15, 0.2) is 5.82 Å². The van der Waals surface area contributed by atoms with E-state index in [1.807, 2.05) is 0 Å². The fraction of sp³-hybridized carbons (Fsp3) is 0.480. The number of aliphatic hydroxyl groups is 1. The van der Waals surface area contributed by atoms with E-state index in [1.54, 1.807) is 0 Å². The number of tetrazole rings is 1. The first-order valence-corrected chi connectivity index (χ1v) is 11.2. The van der Waals surface area contributed by atoms with E-state index in [2.05, 4.69) is 76.1 Å². The summed E-state index contributed by atoms with van der Waals surface area (Å²) in [5.41, 5.74) is 5.25. The number of aryl methyl sites for hydroxylation is 1. The lowest BCUT2D eigenvalue weighted by molar-refractivity contribution is -0.136. The van der Waals surface area contributed by atoms with Crippen LogP contribution in [0.2, 0.25) is 0 Å². The molecule has 0 spiro atoms. The summed E-state index contributed by atoms with van der Waals surface area (Å²) in [5, 5.41) is 25.8. The van der Waals surface area contributed by atoms with Crippen LogP contribution in [0.5, 0.6) is 0 Å². The fourth-order valence-electron chi connectivity index (χ4n) is 7.06. The second-order valence-corrected chi connectivity index (χ2v) is 9.84. The van der Waals surface area contributed by atoms with E-state index in [9.17, 15) is 5.11 Å². The van der Waals surface area contributed by atoms with Gasteiger partial charge in [0.2, 0.25) is 0 Å². The number of rotatable bonds is 4. The molecule has 4 aliphatic carbocycles. The van der Waals surface area contributed by atoms with Crippen molar-refractivity contribution in [2.45, 2.75) is 50.5 Å². The molecule has 4 bridgehead atoms. The van der Waals surface area contributed by atoms with Crippen LogP contribution in [0.4, 0.5) is 0 Å². The summed E-state index contributed by atoms with van der Waals surface area (Å²) in [6, 6.07) is 18.0. The van der Waals surface area contributed by atoms with Crippen molar-refractivity contribution in [1.29, 1.82) is 0 Å². The second kappa shape index (κ2) is 6.74. The average Bonchev–Trinajstić information content (AvgIpc) is 3.26. The topological polar surface area (TPSA) is 74.7 Å². The van der Waals surface area contributed by atoms with Gasteiger partial charge in [-0.3, -0.25) is 0 Å². The maximum atomic E-state index is 10.7. The zero-order valence-electron chi connectivity index (χ0n) is 17.3. The molecule has 1 aromatic heterocycles. The maximum absolute atomic E-state index is 10.7. The summed E-state index contributed by atoms with van der Waals surface area (Å²) >= 11 is 0. The number of hydrogen-bond acceptors (Lipinski definition) is 4. The minimum absolute atomic E-state index is 0.0445. The third-order valence-electron chi connectivity index (χ3n) is 8.42. The zero-order valence-corrected chi connectivity index (χ0v) is 17.3. The summed E-state index contributed by atoms with van der Waals surface area (Å²) in [6.07, 6.45) is 5.21. The molecule has 4 saturated carbocycles. The van der Waals surface area contributed by atoms with Crippen LogP contribution in [0.1, 0.15) is 42.6 Å². The summed E-state index contributed by atoms with van der Waals surface area (Å²) in [4.78, 5) is 0. The van der Waals surface area contributed by atoms with Crippen LogP contribution in [-0.4, -0.2) is 31.8 Å². The molecular weight excluding hydrogens is 372 g/mol. The van der Waals surface area contributed by atoms with Crippen LogP contribution in [-0.2, 0) is 11.8 Å². The first-order chi connectivity index (χ1) is 14.6. The predicted molar refractivity (Wildman–Crippen MR) is 115 cm³/mol. The molecule has 7 rings (SSSR count).